The van der Waals surface area contributed by atoms with Crippen LogP contribution >= 0.6 is 0 Å². The fraction of sp³-hybridized carbons (Fsp3) is 0.938. The minimum Gasteiger partial charge on any atom is -0.342 e. The Bertz CT molecular complexity index is 327. The van der Waals surface area contributed by atoms with Crippen molar-refractivity contribution in [3.8, 4) is 0 Å². The summed E-state index contributed by atoms with van der Waals surface area (Å²) in [5.41, 5.74) is 0.343. The van der Waals surface area contributed by atoms with E-state index in [1.165, 1.54) is 25.8 Å². The molecule has 0 N–H and O–H groups in total. The van der Waals surface area contributed by atoms with E-state index in [0.29, 0.717) is 11.3 Å². The lowest BCUT2D eigenvalue weighted by atomic mass is 9.82. The largest absolute Gasteiger partial charge is 0.342 e. The van der Waals surface area contributed by atoms with Gasteiger partial charge in [-0.25, -0.2) is 0 Å². The van der Waals surface area contributed by atoms with Gasteiger partial charge in [0.1, 0.15) is 0 Å². The number of likely N-dealkylation sites (tertiary alicyclic amines) is 2. The maximum atomic E-state index is 11.9. The summed E-state index contributed by atoms with van der Waals surface area (Å²) >= 11 is 0. The molecular formula is C16H30N2O. The van der Waals surface area contributed by atoms with E-state index in [0.717, 1.165) is 32.0 Å². The Balaban J connectivity index is 1.79. The first-order valence-corrected chi connectivity index (χ1v) is 7.88. The lowest BCUT2D eigenvalue weighted by Gasteiger charge is -2.32. The Morgan fingerprint density at radius 1 is 1.26 bits per heavy atom. The van der Waals surface area contributed by atoms with Crippen LogP contribution in [0.4, 0.5) is 0 Å². The fourth-order valence-corrected chi connectivity index (χ4v) is 3.53. The van der Waals surface area contributed by atoms with Crippen LogP contribution in [0.1, 0.15) is 52.9 Å². The number of carbonyl (C=O) groups excluding carboxylic acids is 1. The van der Waals surface area contributed by atoms with Gasteiger partial charge in [-0.15, -0.1) is 0 Å². The molecule has 2 heterocycles. The molecule has 0 saturated carbocycles. The van der Waals surface area contributed by atoms with Crippen LogP contribution in [0, 0.1) is 11.3 Å². The van der Waals surface area contributed by atoms with Gasteiger partial charge in [-0.05, 0) is 51.1 Å². The van der Waals surface area contributed by atoms with Crippen molar-refractivity contribution in [1.82, 2.24) is 9.80 Å². The third-order valence-electron chi connectivity index (χ3n) is 5.08. The zero-order valence-corrected chi connectivity index (χ0v) is 13.1. The van der Waals surface area contributed by atoms with Crippen LogP contribution in [0.5, 0.6) is 0 Å². The Morgan fingerprint density at radius 3 is 2.53 bits per heavy atom. The standard InChI is InChI=1S/C16H30N2O/c1-13-7-10-18(15(13)19)11-8-16(2,3)12-14-6-5-9-17(14)4/h13-14H,5-12H2,1-4H3/t13-,14-/m0/s1. The van der Waals surface area contributed by atoms with Crippen LogP contribution in [0.15, 0.2) is 0 Å². The lowest BCUT2D eigenvalue weighted by Crippen LogP contribution is -2.34. The highest BCUT2D eigenvalue weighted by molar-refractivity contribution is 5.80. The van der Waals surface area contributed by atoms with E-state index in [9.17, 15) is 4.79 Å². The number of carbonyl (C=O) groups is 1. The molecule has 0 aromatic heterocycles. The Hall–Kier alpha value is -0.570. The summed E-state index contributed by atoms with van der Waals surface area (Å²) in [7, 11) is 2.25. The highest BCUT2D eigenvalue weighted by Gasteiger charge is 2.32. The van der Waals surface area contributed by atoms with E-state index in [2.05, 4.69) is 37.6 Å². The van der Waals surface area contributed by atoms with Crippen LogP contribution in [0.3, 0.4) is 0 Å². The average molecular weight is 266 g/mol. The van der Waals surface area contributed by atoms with Crippen molar-refractivity contribution >= 4 is 5.91 Å². The molecule has 0 aromatic carbocycles. The van der Waals surface area contributed by atoms with Gasteiger partial charge in [0.15, 0.2) is 0 Å². The van der Waals surface area contributed by atoms with Gasteiger partial charge in [-0.1, -0.05) is 20.8 Å². The number of rotatable bonds is 5. The molecule has 1 amide bonds. The molecule has 0 radical (unpaired) electrons. The van der Waals surface area contributed by atoms with Crippen molar-refractivity contribution in [2.24, 2.45) is 11.3 Å². The smallest absolute Gasteiger partial charge is 0.225 e. The molecule has 0 aromatic rings. The van der Waals surface area contributed by atoms with Crippen molar-refractivity contribution < 1.29 is 4.79 Å². The SMILES string of the molecule is C[C@H]1CCN(CCC(C)(C)C[C@@H]2CCCN2C)C1=O. The second-order valence-corrected chi connectivity index (χ2v) is 7.41. The van der Waals surface area contributed by atoms with Crippen molar-refractivity contribution in [2.75, 3.05) is 26.7 Å². The van der Waals surface area contributed by atoms with Crippen molar-refractivity contribution in [3.63, 3.8) is 0 Å². The Kier molecular flexibility index (Phi) is 4.54. The highest BCUT2D eigenvalue weighted by atomic mass is 16.2. The summed E-state index contributed by atoms with van der Waals surface area (Å²) in [6.07, 6.45) is 6.14. The molecule has 2 fully saturated rings. The second-order valence-electron chi connectivity index (χ2n) is 7.41. The van der Waals surface area contributed by atoms with E-state index in [4.69, 9.17) is 0 Å². The zero-order valence-electron chi connectivity index (χ0n) is 13.1. The number of hydrogen-bond donors (Lipinski definition) is 0. The first-order valence-electron chi connectivity index (χ1n) is 7.88. The first kappa shape index (κ1) is 14.8. The van der Waals surface area contributed by atoms with Crippen LogP contribution < -0.4 is 0 Å². The molecule has 2 aliphatic rings. The quantitative estimate of drug-likeness (QED) is 0.764. The fourth-order valence-electron chi connectivity index (χ4n) is 3.53. The van der Waals surface area contributed by atoms with E-state index < -0.39 is 0 Å². The Morgan fingerprint density at radius 2 is 2.00 bits per heavy atom. The van der Waals surface area contributed by atoms with Crippen LogP contribution in [-0.2, 0) is 4.79 Å². The minimum atomic E-state index is 0.254. The highest BCUT2D eigenvalue weighted by Crippen LogP contribution is 2.33. The maximum absolute atomic E-state index is 11.9. The van der Waals surface area contributed by atoms with Gasteiger partial charge in [0.2, 0.25) is 5.91 Å². The molecular weight excluding hydrogens is 236 g/mol. The summed E-state index contributed by atoms with van der Waals surface area (Å²) in [4.78, 5) is 16.5. The molecule has 19 heavy (non-hydrogen) atoms. The van der Waals surface area contributed by atoms with E-state index in [-0.39, 0.29) is 5.92 Å². The maximum Gasteiger partial charge on any atom is 0.225 e. The molecule has 0 unspecified atom stereocenters. The molecule has 2 aliphatic heterocycles. The average Bonchev–Trinajstić information content (AvgIpc) is 2.86. The molecule has 3 heteroatoms. The van der Waals surface area contributed by atoms with Crippen molar-refractivity contribution in [2.45, 2.75) is 58.9 Å². The van der Waals surface area contributed by atoms with Crippen molar-refractivity contribution in [1.29, 1.82) is 0 Å². The summed E-state index contributed by atoms with van der Waals surface area (Å²) in [5, 5.41) is 0. The van der Waals surface area contributed by atoms with Gasteiger partial charge in [-0.3, -0.25) is 4.79 Å². The summed E-state index contributed by atoms with van der Waals surface area (Å²) < 4.78 is 0. The predicted octanol–water partition coefficient (Wildman–Crippen LogP) is 2.76. The molecule has 2 rings (SSSR count). The van der Waals surface area contributed by atoms with Gasteiger partial charge >= 0.3 is 0 Å². The van der Waals surface area contributed by atoms with E-state index in [1.54, 1.807) is 0 Å². The third-order valence-corrected chi connectivity index (χ3v) is 5.08. The van der Waals surface area contributed by atoms with Crippen LogP contribution in [0.2, 0.25) is 0 Å². The van der Waals surface area contributed by atoms with Gasteiger partial charge in [0.05, 0.1) is 0 Å². The second kappa shape index (κ2) is 5.82. The first-order chi connectivity index (χ1) is 8.89. The summed E-state index contributed by atoms with van der Waals surface area (Å²) in [6.45, 7) is 9.96. The number of nitrogens with zero attached hydrogens (tertiary/aromatic N) is 2. The molecule has 2 saturated heterocycles. The zero-order chi connectivity index (χ0) is 14.0. The lowest BCUT2D eigenvalue weighted by molar-refractivity contribution is -0.130. The van der Waals surface area contributed by atoms with Crippen LogP contribution in [0.25, 0.3) is 0 Å². The topological polar surface area (TPSA) is 23.6 Å². The normalized spacial score (nSPS) is 29.5. The van der Waals surface area contributed by atoms with Crippen molar-refractivity contribution in [3.05, 3.63) is 0 Å². The molecule has 3 nitrogen and oxygen atoms in total. The number of amides is 1. The van der Waals surface area contributed by atoms with Gasteiger partial charge < -0.3 is 9.80 Å². The van der Waals surface area contributed by atoms with Gasteiger partial charge in [0, 0.05) is 25.0 Å². The van der Waals surface area contributed by atoms with Gasteiger partial charge in [0.25, 0.3) is 0 Å². The minimum absolute atomic E-state index is 0.254. The monoisotopic (exact) mass is 266 g/mol. The molecule has 110 valence electrons. The molecule has 0 aliphatic carbocycles. The Labute approximate surface area is 118 Å². The number of hydrogen-bond acceptors (Lipinski definition) is 2. The molecule has 0 spiro atoms. The summed E-state index contributed by atoms with van der Waals surface area (Å²) in [5.74, 6) is 0.623. The summed E-state index contributed by atoms with van der Waals surface area (Å²) in [6, 6.07) is 0.753. The predicted molar refractivity (Wildman–Crippen MR) is 79.0 cm³/mol. The third kappa shape index (κ3) is 3.71. The van der Waals surface area contributed by atoms with E-state index in [1.807, 2.05) is 0 Å². The van der Waals surface area contributed by atoms with Gasteiger partial charge in [-0.2, -0.15) is 0 Å². The molecule has 2 atom stereocenters. The van der Waals surface area contributed by atoms with Crippen LogP contribution in [-0.4, -0.2) is 48.4 Å². The molecule has 0 bridgehead atoms. The van der Waals surface area contributed by atoms with E-state index >= 15 is 0 Å².